The Hall–Kier alpha value is -1.07. The van der Waals surface area contributed by atoms with E-state index in [1.807, 2.05) is 19.1 Å². The molecular weight excluding hydrogens is 252 g/mol. The predicted octanol–water partition coefficient (Wildman–Crippen LogP) is 1.47. The van der Waals surface area contributed by atoms with Gasteiger partial charge in [0.25, 0.3) is 0 Å². The summed E-state index contributed by atoms with van der Waals surface area (Å²) in [4.78, 5) is 0. The Balaban J connectivity index is 2.28. The highest BCUT2D eigenvalue weighted by atomic mass is 32.2. The number of rotatable bonds is 3. The van der Waals surface area contributed by atoms with Gasteiger partial charge >= 0.3 is 0 Å². The van der Waals surface area contributed by atoms with Gasteiger partial charge in [0.1, 0.15) is 5.75 Å². The smallest absolute Gasteiger partial charge is 0.150 e. The Morgan fingerprint density at radius 2 is 2.17 bits per heavy atom. The first kappa shape index (κ1) is 13.4. The van der Waals surface area contributed by atoms with E-state index in [1.165, 1.54) is 0 Å². The van der Waals surface area contributed by atoms with Crippen LogP contribution in [0.2, 0.25) is 0 Å². The predicted molar refractivity (Wildman–Crippen MR) is 69.5 cm³/mol. The first-order valence-electron chi connectivity index (χ1n) is 5.96. The van der Waals surface area contributed by atoms with E-state index in [-0.39, 0.29) is 17.4 Å². The van der Waals surface area contributed by atoms with Crippen LogP contribution in [0.3, 0.4) is 0 Å². The van der Waals surface area contributed by atoms with Crippen molar-refractivity contribution in [1.29, 1.82) is 0 Å². The lowest BCUT2D eigenvalue weighted by molar-refractivity contribution is 0.118. The van der Waals surface area contributed by atoms with Gasteiger partial charge in [0, 0.05) is 11.5 Å². The first-order valence-corrected chi connectivity index (χ1v) is 7.78. The third-order valence-electron chi connectivity index (χ3n) is 3.42. The Kier molecular flexibility index (Phi) is 3.64. The average Bonchev–Trinajstić information content (AvgIpc) is 2.68. The van der Waals surface area contributed by atoms with Gasteiger partial charge in [0.15, 0.2) is 9.84 Å². The monoisotopic (exact) mass is 270 g/mol. The Bertz CT molecular complexity index is 536. The Morgan fingerprint density at radius 3 is 2.72 bits per heavy atom. The van der Waals surface area contributed by atoms with Crippen LogP contribution in [0, 0.1) is 12.8 Å². The molecule has 0 aromatic heterocycles. The minimum atomic E-state index is -2.98. The summed E-state index contributed by atoms with van der Waals surface area (Å²) in [6.45, 7) is 1.93. The van der Waals surface area contributed by atoms with Gasteiger partial charge in [-0.3, -0.25) is 0 Å². The number of aliphatic hydroxyl groups excluding tert-OH is 1. The van der Waals surface area contributed by atoms with E-state index >= 15 is 0 Å². The third kappa shape index (κ3) is 2.67. The normalized spacial score (nSPS) is 23.8. The fourth-order valence-corrected chi connectivity index (χ4v) is 4.24. The van der Waals surface area contributed by atoms with Gasteiger partial charge in [0.05, 0.1) is 24.7 Å². The Morgan fingerprint density at radius 1 is 1.44 bits per heavy atom. The van der Waals surface area contributed by atoms with Crippen LogP contribution in [0.25, 0.3) is 0 Å². The summed E-state index contributed by atoms with van der Waals surface area (Å²) >= 11 is 0. The highest BCUT2D eigenvalue weighted by molar-refractivity contribution is 7.91. The molecule has 4 nitrogen and oxygen atoms in total. The molecule has 0 spiro atoms. The molecule has 0 bridgehead atoms. The van der Waals surface area contributed by atoms with Crippen molar-refractivity contribution >= 4 is 9.84 Å². The number of aliphatic hydroxyl groups is 1. The van der Waals surface area contributed by atoms with Crippen LogP contribution >= 0.6 is 0 Å². The zero-order valence-corrected chi connectivity index (χ0v) is 11.4. The molecule has 0 aliphatic carbocycles. The van der Waals surface area contributed by atoms with Gasteiger partial charge in [-0.15, -0.1) is 0 Å². The van der Waals surface area contributed by atoms with Gasteiger partial charge in [-0.05, 0) is 25.5 Å². The zero-order valence-electron chi connectivity index (χ0n) is 10.6. The van der Waals surface area contributed by atoms with Crippen LogP contribution in [0.1, 0.15) is 23.7 Å². The van der Waals surface area contributed by atoms with E-state index in [1.54, 1.807) is 13.2 Å². The summed E-state index contributed by atoms with van der Waals surface area (Å²) in [5.41, 5.74) is 1.70. The highest BCUT2D eigenvalue weighted by Gasteiger charge is 2.34. The lowest BCUT2D eigenvalue weighted by Gasteiger charge is -2.20. The third-order valence-corrected chi connectivity index (χ3v) is 5.21. The van der Waals surface area contributed by atoms with Crippen LogP contribution in [0.4, 0.5) is 0 Å². The van der Waals surface area contributed by atoms with Gasteiger partial charge in [0.2, 0.25) is 0 Å². The van der Waals surface area contributed by atoms with Crippen molar-refractivity contribution in [2.75, 3.05) is 18.6 Å². The van der Waals surface area contributed by atoms with Crippen molar-refractivity contribution < 1.29 is 18.3 Å². The van der Waals surface area contributed by atoms with Crippen LogP contribution in [-0.4, -0.2) is 32.1 Å². The van der Waals surface area contributed by atoms with E-state index in [9.17, 15) is 13.5 Å². The molecule has 1 aliphatic rings. The van der Waals surface area contributed by atoms with Gasteiger partial charge in [-0.1, -0.05) is 11.6 Å². The van der Waals surface area contributed by atoms with Gasteiger partial charge in [-0.2, -0.15) is 0 Å². The maximum Gasteiger partial charge on any atom is 0.150 e. The molecule has 2 unspecified atom stereocenters. The van der Waals surface area contributed by atoms with Gasteiger partial charge in [-0.25, -0.2) is 8.42 Å². The second-order valence-electron chi connectivity index (χ2n) is 4.85. The second-order valence-corrected chi connectivity index (χ2v) is 7.08. The summed E-state index contributed by atoms with van der Waals surface area (Å²) < 4.78 is 28.1. The van der Waals surface area contributed by atoms with Crippen LogP contribution in [0.15, 0.2) is 18.2 Å². The van der Waals surface area contributed by atoms with Crippen molar-refractivity contribution in [3.8, 4) is 5.75 Å². The molecule has 0 amide bonds. The fourth-order valence-electron chi connectivity index (χ4n) is 2.41. The molecule has 1 fully saturated rings. The second kappa shape index (κ2) is 4.90. The molecule has 1 N–H and O–H groups in total. The number of methoxy groups -OCH3 is 1. The summed E-state index contributed by atoms with van der Waals surface area (Å²) in [5, 5.41) is 10.3. The number of sulfone groups is 1. The molecule has 0 radical (unpaired) electrons. The molecule has 1 aliphatic heterocycles. The zero-order chi connectivity index (χ0) is 13.3. The lowest BCUT2D eigenvalue weighted by atomic mass is 9.93. The van der Waals surface area contributed by atoms with E-state index in [4.69, 9.17) is 4.74 Å². The lowest BCUT2D eigenvalue weighted by Crippen LogP contribution is -2.15. The quantitative estimate of drug-likeness (QED) is 0.903. The maximum atomic E-state index is 11.5. The first-order chi connectivity index (χ1) is 8.43. The maximum absolute atomic E-state index is 11.5. The molecule has 1 heterocycles. The molecule has 1 aromatic carbocycles. The molecule has 1 saturated heterocycles. The molecule has 5 heteroatoms. The number of hydrogen-bond donors (Lipinski definition) is 1. The van der Waals surface area contributed by atoms with Crippen LogP contribution < -0.4 is 4.74 Å². The molecule has 18 heavy (non-hydrogen) atoms. The summed E-state index contributed by atoms with van der Waals surface area (Å²) in [6, 6.07) is 5.56. The number of benzene rings is 1. The topological polar surface area (TPSA) is 63.6 Å². The van der Waals surface area contributed by atoms with Crippen molar-refractivity contribution in [2.45, 2.75) is 19.4 Å². The minimum absolute atomic E-state index is 0.0608. The van der Waals surface area contributed by atoms with Crippen molar-refractivity contribution in [3.63, 3.8) is 0 Å². The largest absolute Gasteiger partial charge is 0.496 e. The van der Waals surface area contributed by atoms with E-state index < -0.39 is 15.9 Å². The molecule has 1 aromatic rings. The van der Waals surface area contributed by atoms with E-state index in [2.05, 4.69) is 0 Å². The van der Waals surface area contributed by atoms with Gasteiger partial charge < -0.3 is 9.84 Å². The average molecular weight is 270 g/mol. The van der Waals surface area contributed by atoms with Crippen molar-refractivity contribution in [2.24, 2.45) is 5.92 Å². The van der Waals surface area contributed by atoms with E-state index in [0.717, 1.165) is 5.56 Å². The van der Waals surface area contributed by atoms with E-state index in [0.29, 0.717) is 17.7 Å². The Labute approximate surface area is 108 Å². The van der Waals surface area contributed by atoms with Crippen molar-refractivity contribution in [3.05, 3.63) is 29.3 Å². The standard InChI is InChI=1S/C13H18O4S/c1-9-3-4-12(17-2)11(7-9)13(14)10-5-6-18(15,16)8-10/h3-4,7,10,13-14H,5-6,8H2,1-2H3. The number of aryl methyl sites for hydroxylation is 1. The molecule has 2 rings (SSSR count). The summed E-state index contributed by atoms with van der Waals surface area (Å²) in [6.07, 6.45) is -0.266. The SMILES string of the molecule is COc1ccc(C)cc1C(O)C1CCS(=O)(=O)C1. The fraction of sp³-hybridized carbons (Fsp3) is 0.538. The summed E-state index contributed by atoms with van der Waals surface area (Å²) in [7, 11) is -1.43. The van der Waals surface area contributed by atoms with Crippen LogP contribution in [0.5, 0.6) is 5.75 Å². The molecule has 100 valence electrons. The molecular formula is C13H18O4S. The molecule has 2 atom stereocenters. The highest BCUT2D eigenvalue weighted by Crippen LogP contribution is 2.36. The van der Waals surface area contributed by atoms with Crippen molar-refractivity contribution in [1.82, 2.24) is 0 Å². The minimum Gasteiger partial charge on any atom is -0.496 e. The number of ether oxygens (including phenoxy) is 1. The summed E-state index contributed by atoms with van der Waals surface area (Å²) in [5.74, 6) is 0.608. The van der Waals surface area contributed by atoms with Crippen LogP contribution in [-0.2, 0) is 9.84 Å². The number of hydrogen-bond acceptors (Lipinski definition) is 4. The molecule has 0 saturated carbocycles.